The third-order valence-corrected chi connectivity index (χ3v) is 7.26. The van der Waals surface area contributed by atoms with Crippen molar-refractivity contribution in [1.29, 1.82) is 0 Å². The molecular weight excluding hydrogens is 326 g/mol. The maximum Gasteiger partial charge on any atom is 0.0471 e. The van der Waals surface area contributed by atoms with Gasteiger partial charge in [0.15, 0.2) is 0 Å². The van der Waals surface area contributed by atoms with Crippen LogP contribution in [0.3, 0.4) is 0 Å². The van der Waals surface area contributed by atoms with E-state index in [2.05, 4.69) is 68.2 Å². The lowest BCUT2D eigenvalue weighted by Gasteiger charge is -2.38. The van der Waals surface area contributed by atoms with Crippen molar-refractivity contribution in [3.05, 3.63) is 59.2 Å². The normalized spacial score (nSPS) is 22.0. The minimum Gasteiger partial charge on any atom is -0.354 e. The Kier molecular flexibility index (Phi) is 3.01. The molecule has 0 spiro atoms. The van der Waals surface area contributed by atoms with E-state index in [1.165, 1.54) is 63.8 Å². The number of hydrogen-bond acceptors (Lipinski definition) is 0. The van der Waals surface area contributed by atoms with E-state index < -0.39 is 0 Å². The molecule has 3 aliphatic carbocycles. The maximum absolute atomic E-state index is 3.72. The molecule has 2 bridgehead atoms. The van der Waals surface area contributed by atoms with Crippen molar-refractivity contribution in [3.63, 3.8) is 0 Å². The highest BCUT2D eigenvalue weighted by Crippen LogP contribution is 2.53. The third kappa shape index (κ3) is 2.12. The summed E-state index contributed by atoms with van der Waals surface area (Å²) in [4.78, 5) is 3.72. The monoisotopic (exact) mass is 353 g/mol. The number of aromatic nitrogens is 1. The second kappa shape index (κ2) is 5.16. The largest absolute Gasteiger partial charge is 0.354 e. The molecule has 136 valence electrons. The highest BCUT2D eigenvalue weighted by atomic mass is 14.7. The number of hydrogen-bond donors (Lipinski definition) is 1. The van der Waals surface area contributed by atoms with Crippen LogP contribution in [0.5, 0.6) is 0 Å². The number of nitrogens with one attached hydrogen (secondary N) is 1. The number of aromatic amines is 1. The number of rotatable bonds is 0. The second-order valence-electron chi connectivity index (χ2n) is 9.84. The molecule has 0 unspecified atom stereocenters. The van der Waals surface area contributed by atoms with Crippen LogP contribution >= 0.6 is 0 Å². The van der Waals surface area contributed by atoms with Gasteiger partial charge in [-0.25, -0.2) is 0 Å². The number of benzene rings is 3. The van der Waals surface area contributed by atoms with Gasteiger partial charge >= 0.3 is 0 Å². The van der Waals surface area contributed by atoms with Crippen molar-refractivity contribution >= 4 is 32.6 Å². The van der Waals surface area contributed by atoms with E-state index in [-0.39, 0.29) is 5.41 Å². The summed E-state index contributed by atoms with van der Waals surface area (Å²) in [6.45, 7) is 6.89. The first-order chi connectivity index (χ1) is 13.0. The molecule has 3 aromatic carbocycles. The zero-order valence-corrected chi connectivity index (χ0v) is 16.5. The predicted octanol–water partition coefficient (Wildman–Crippen LogP) is 7.53. The fraction of sp³-hybridized carbons (Fsp3) is 0.385. The molecule has 0 atom stereocenters. The Hall–Kier alpha value is -2.28. The first-order valence-corrected chi connectivity index (χ1v) is 10.5. The van der Waals surface area contributed by atoms with Gasteiger partial charge in [-0.2, -0.15) is 0 Å². The Balaban J connectivity index is 1.74. The van der Waals surface area contributed by atoms with Crippen molar-refractivity contribution < 1.29 is 0 Å². The third-order valence-electron chi connectivity index (χ3n) is 7.26. The van der Waals surface area contributed by atoms with E-state index in [1.54, 1.807) is 11.1 Å². The lowest BCUT2D eigenvalue weighted by molar-refractivity contribution is 0.361. The molecule has 1 saturated carbocycles. The average molecular weight is 354 g/mol. The average Bonchev–Trinajstić information content (AvgIpc) is 3.07. The van der Waals surface area contributed by atoms with Gasteiger partial charge < -0.3 is 4.98 Å². The van der Waals surface area contributed by atoms with E-state index in [0.29, 0.717) is 0 Å². The summed E-state index contributed by atoms with van der Waals surface area (Å²) in [6.07, 6.45) is 5.53. The lowest BCUT2D eigenvalue weighted by atomic mass is 9.66. The highest BCUT2D eigenvalue weighted by Gasteiger charge is 2.34. The SMILES string of the molecule is CC(C)(C)c1ccc2c(ccc3[nH]c4ccc5c(c4c32)C2CCC5CC2)c1. The fourth-order valence-electron chi connectivity index (χ4n) is 5.81. The zero-order valence-electron chi connectivity index (χ0n) is 16.5. The van der Waals surface area contributed by atoms with Gasteiger partial charge in [-0.1, -0.05) is 51.1 Å². The first-order valence-electron chi connectivity index (χ1n) is 10.5. The van der Waals surface area contributed by atoms with Crippen LogP contribution in [0.25, 0.3) is 32.6 Å². The maximum atomic E-state index is 3.72. The Bertz CT molecular complexity index is 1210. The molecule has 0 saturated heterocycles. The molecule has 3 aliphatic rings. The molecule has 1 aromatic heterocycles. The quantitative estimate of drug-likeness (QED) is 0.336. The van der Waals surface area contributed by atoms with E-state index in [0.717, 1.165) is 11.8 Å². The van der Waals surface area contributed by atoms with Crippen molar-refractivity contribution in [1.82, 2.24) is 4.98 Å². The lowest BCUT2D eigenvalue weighted by Crippen LogP contribution is -2.21. The van der Waals surface area contributed by atoms with Gasteiger partial charge in [-0.3, -0.25) is 0 Å². The molecule has 1 heterocycles. The van der Waals surface area contributed by atoms with Crippen LogP contribution in [0, 0.1) is 0 Å². The Morgan fingerprint density at radius 3 is 2.26 bits per heavy atom. The van der Waals surface area contributed by atoms with Crippen LogP contribution in [-0.4, -0.2) is 4.98 Å². The van der Waals surface area contributed by atoms with E-state index in [9.17, 15) is 0 Å². The predicted molar refractivity (Wildman–Crippen MR) is 116 cm³/mol. The van der Waals surface area contributed by atoms with Gasteiger partial charge in [0.1, 0.15) is 0 Å². The summed E-state index contributed by atoms with van der Waals surface area (Å²) >= 11 is 0. The Labute approximate surface area is 160 Å². The smallest absolute Gasteiger partial charge is 0.0471 e. The van der Waals surface area contributed by atoms with Gasteiger partial charge in [0, 0.05) is 21.8 Å². The fourth-order valence-corrected chi connectivity index (χ4v) is 5.81. The van der Waals surface area contributed by atoms with Crippen LogP contribution in [0.2, 0.25) is 0 Å². The molecular formula is C26H27N. The molecule has 27 heavy (non-hydrogen) atoms. The summed E-state index contributed by atoms with van der Waals surface area (Å²) in [5.41, 5.74) is 7.53. The van der Waals surface area contributed by atoms with Gasteiger partial charge in [0.05, 0.1) is 0 Å². The van der Waals surface area contributed by atoms with Crippen LogP contribution in [0.1, 0.15) is 75.0 Å². The molecule has 0 radical (unpaired) electrons. The Morgan fingerprint density at radius 1 is 0.778 bits per heavy atom. The van der Waals surface area contributed by atoms with Crippen molar-refractivity contribution in [2.24, 2.45) is 0 Å². The van der Waals surface area contributed by atoms with E-state index >= 15 is 0 Å². The highest BCUT2D eigenvalue weighted by molar-refractivity contribution is 6.21. The summed E-state index contributed by atoms with van der Waals surface area (Å²) in [7, 11) is 0. The summed E-state index contributed by atoms with van der Waals surface area (Å²) in [5, 5.41) is 5.74. The standard InChI is InChI=1S/C26H27N/c1-26(2,3)18-9-10-20-17(14-18)8-12-21-24(20)25-22(27-21)13-11-19-15-4-6-16(7-5-15)23(19)25/h8-16,27H,4-7H2,1-3H3. The summed E-state index contributed by atoms with van der Waals surface area (Å²) in [5.74, 6) is 1.55. The first kappa shape index (κ1) is 15.7. The van der Waals surface area contributed by atoms with E-state index in [4.69, 9.17) is 0 Å². The van der Waals surface area contributed by atoms with Gasteiger partial charge in [-0.05, 0) is 82.5 Å². The van der Waals surface area contributed by atoms with Crippen LogP contribution in [0.4, 0.5) is 0 Å². The van der Waals surface area contributed by atoms with Crippen LogP contribution in [-0.2, 0) is 5.41 Å². The topological polar surface area (TPSA) is 15.8 Å². The molecule has 1 fully saturated rings. The molecule has 1 N–H and O–H groups in total. The Morgan fingerprint density at radius 2 is 1.48 bits per heavy atom. The number of H-pyrrole nitrogens is 1. The minimum atomic E-state index is 0.182. The molecule has 0 amide bonds. The molecule has 4 aromatic rings. The van der Waals surface area contributed by atoms with Gasteiger partial charge in [-0.15, -0.1) is 0 Å². The second-order valence-corrected chi connectivity index (χ2v) is 9.84. The van der Waals surface area contributed by atoms with Crippen LogP contribution in [0.15, 0.2) is 42.5 Å². The molecule has 7 rings (SSSR count). The van der Waals surface area contributed by atoms with Crippen molar-refractivity contribution in [3.8, 4) is 0 Å². The zero-order chi connectivity index (χ0) is 18.3. The number of fused-ring (bicyclic) bond motifs is 7. The summed E-state index contributed by atoms with van der Waals surface area (Å²) in [6, 6.07) is 16.4. The van der Waals surface area contributed by atoms with Crippen LogP contribution < -0.4 is 0 Å². The van der Waals surface area contributed by atoms with Gasteiger partial charge in [0.2, 0.25) is 0 Å². The van der Waals surface area contributed by atoms with Crippen molar-refractivity contribution in [2.75, 3.05) is 0 Å². The molecule has 1 heteroatoms. The molecule has 0 aliphatic heterocycles. The van der Waals surface area contributed by atoms with E-state index in [1.807, 2.05) is 0 Å². The minimum absolute atomic E-state index is 0.182. The van der Waals surface area contributed by atoms with Crippen molar-refractivity contribution in [2.45, 2.75) is 63.7 Å². The molecule has 1 nitrogen and oxygen atoms in total. The van der Waals surface area contributed by atoms with Gasteiger partial charge in [0.25, 0.3) is 0 Å². The summed E-state index contributed by atoms with van der Waals surface area (Å²) < 4.78 is 0.